The van der Waals surface area contributed by atoms with Crippen molar-refractivity contribution in [2.24, 2.45) is 0 Å². The molecule has 100 valence electrons. The van der Waals surface area contributed by atoms with Crippen LogP contribution in [0.4, 0.5) is 0 Å². The molecule has 0 atom stereocenters. The van der Waals surface area contributed by atoms with Gasteiger partial charge in [0, 0.05) is 5.02 Å². The number of halogens is 1. The number of hydrogen-bond acceptors (Lipinski definition) is 4. The van der Waals surface area contributed by atoms with E-state index < -0.39 is 22.5 Å². The molecule has 0 heterocycles. The fourth-order valence-corrected chi connectivity index (χ4v) is 2.79. The first-order valence-electron chi connectivity index (χ1n) is 5.29. The number of hydrogen-bond donors (Lipinski definition) is 1. The molecule has 0 radical (unpaired) electrons. The third-order valence-corrected chi connectivity index (χ3v) is 4.17. The zero-order chi connectivity index (χ0) is 13.8. The number of nitrogens with one attached hydrogen (secondary N) is 1. The van der Waals surface area contributed by atoms with Crippen LogP contribution in [0, 0.1) is 6.92 Å². The van der Waals surface area contributed by atoms with Crippen LogP contribution < -0.4 is 4.72 Å². The van der Waals surface area contributed by atoms with Crippen molar-refractivity contribution in [3.05, 3.63) is 28.8 Å². The van der Waals surface area contributed by atoms with Crippen LogP contribution in [-0.2, 0) is 19.6 Å². The van der Waals surface area contributed by atoms with E-state index in [1.807, 2.05) is 0 Å². The summed E-state index contributed by atoms with van der Waals surface area (Å²) in [6.45, 7) is 3.05. The van der Waals surface area contributed by atoms with Crippen molar-refractivity contribution in [1.82, 2.24) is 4.72 Å². The maximum Gasteiger partial charge on any atom is 0.321 e. The molecule has 0 saturated heterocycles. The third-order valence-electron chi connectivity index (χ3n) is 2.22. The van der Waals surface area contributed by atoms with E-state index in [0.29, 0.717) is 10.6 Å². The Labute approximate surface area is 111 Å². The van der Waals surface area contributed by atoms with Gasteiger partial charge in [-0.05, 0) is 31.5 Å². The fraction of sp³-hybridized carbons (Fsp3) is 0.364. The Balaban J connectivity index is 2.87. The van der Waals surface area contributed by atoms with Gasteiger partial charge in [-0.2, -0.15) is 4.72 Å². The van der Waals surface area contributed by atoms with E-state index in [9.17, 15) is 13.2 Å². The number of sulfonamides is 1. The van der Waals surface area contributed by atoms with Gasteiger partial charge in [0.05, 0.1) is 11.5 Å². The summed E-state index contributed by atoms with van der Waals surface area (Å²) in [4.78, 5) is 11.2. The maximum absolute atomic E-state index is 11.9. The summed E-state index contributed by atoms with van der Waals surface area (Å²) in [5, 5.41) is 0.356. The van der Waals surface area contributed by atoms with E-state index in [-0.39, 0.29) is 11.5 Å². The Kier molecular flexibility index (Phi) is 5.13. The summed E-state index contributed by atoms with van der Waals surface area (Å²) in [6.07, 6.45) is 0. The lowest BCUT2D eigenvalue weighted by Gasteiger charge is -2.09. The Morgan fingerprint density at radius 1 is 1.44 bits per heavy atom. The second-order valence-corrected chi connectivity index (χ2v) is 5.64. The molecule has 0 bridgehead atoms. The number of esters is 1. The monoisotopic (exact) mass is 291 g/mol. The minimum absolute atomic E-state index is 0.0549. The summed E-state index contributed by atoms with van der Waals surface area (Å²) in [6, 6.07) is 4.56. The second-order valence-electron chi connectivity index (χ2n) is 3.49. The van der Waals surface area contributed by atoms with Gasteiger partial charge in [-0.15, -0.1) is 0 Å². The molecular weight excluding hydrogens is 278 g/mol. The molecule has 0 unspecified atom stereocenters. The molecule has 0 saturated carbocycles. The highest BCUT2D eigenvalue weighted by Crippen LogP contribution is 2.22. The van der Waals surface area contributed by atoms with Crippen molar-refractivity contribution in [1.29, 1.82) is 0 Å². The summed E-state index contributed by atoms with van der Waals surface area (Å²) < 4.78 is 30.7. The topological polar surface area (TPSA) is 72.5 Å². The van der Waals surface area contributed by atoms with Gasteiger partial charge in [-0.3, -0.25) is 4.79 Å². The van der Waals surface area contributed by atoms with E-state index in [4.69, 9.17) is 11.6 Å². The van der Waals surface area contributed by atoms with Gasteiger partial charge in [0.25, 0.3) is 0 Å². The molecule has 0 aliphatic rings. The largest absolute Gasteiger partial charge is 0.465 e. The standard InChI is InChI=1S/C11H14ClNO4S/c1-3-17-11(14)7-13-18(15,16)10-6-4-5-9(12)8(10)2/h4-6,13H,3,7H2,1-2H3. The molecule has 0 fully saturated rings. The highest BCUT2D eigenvalue weighted by molar-refractivity contribution is 7.89. The van der Waals surface area contributed by atoms with Gasteiger partial charge in [0.2, 0.25) is 10.0 Å². The van der Waals surface area contributed by atoms with Gasteiger partial charge in [-0.25, -0.2) is 8.42 Å². The van der Waals surface area contributed by atoms with Crippen LogP contribution in [-0.4, -0.2) is 27.5 Å². The summed E-state index contributed by atoms with van der Waals surface area (Å²) in [5.41, 5.74) is 0.440. The Morgan fingerprint density at radius 2 is 2.11 bits per heavy atom. The lowest BCUT2D eigenvalue weighted by molar-refractivity contribution is -0.141. The van der Waals surface area contributed by atoms with Gasteiger partial charge in [0.15, 0.2) is 0 Å². The lowest BCUT2D eigenvalue weighted by atomic mass is 10.2. The molecule has 0 aliphatic heterocycles. The van der Waals surface area contributed by atoms with Gasteiger partial charge in [0.1, 0.15) is 6.54 Å². The minimum Gasteiger partial charge on any atom is -0.465 e. The number of rotatable bonds is 5. The van der Waals surface area contributed by atoms with Crippen LogP contribution >= 0.6 is 11.6 Å². The van der Waals surface area contributed by atoms with E-state index in [1.165, 1.54) is 12.1 Å². The first kappa shape index (κ1) is 14.9. The molecule has 0 amide bonds. The second kappa shape index (κ2) is 6.17. The average Bonchev–Trinajstić information content (AvgIpc) is 2.30. The minimum atomic E-state index is -3.76. The number of carbonyl (C=O) groups excluding carboxylic acids is 1. The zero-order valence-electron chi connectivity index (χ0n) is 10.1. The van der Waals surface area contributed by atoms with Crippen molar-refractivity contribution < 1.29 is 17.9 Å². The Morgan fingerprint density at radius 3 is 2.72 bits per heavy atom. The summed E-state index contributed by atoms with van der Waals surface area (Å²) >= 11 is 5.85. The van der Waals surface area contributed by atoms with E-state index in [1.54, 1.807) is 19.9 Å². The number of carbonyl (C=O) groups is 1. The highest BCUT2D eigenvalue weighted by Gasteiger charge is 2.19. The van der Waals surface area contributed by atoms with Crippen molar-refractivity contribution >= 4 is 27.6 Å². The SMILES string of the molecule is CCOC(=O)CNS(=O)(=O)c1cccc(Cl)c1C. The molecule has 18 heavy (non-hydrogen) atoms. The third kappa shape index (κ3) is 3.69. The van der Waals surface area contributed by atoms with E-state index in [2.05, 4.69) is 9.46 Å². The number of ether oxygens (including phenoxy) is 1. The Bertz CT molecular complexity index is 542. The normalized spacial score (nSPS) is 11.3. The van der Waals surface area contributed by atoms with Crippen molar-refractivity contribution in [3.8, 4) is 0 Å². The quantitative estimate of drug-likeness (QED) is 0.834. The van der Waals surface area contributed by atoms with Crippen LogP contribution in [0.15, 0.2) is 23.1 Å². The smallest absolute Gasteiger partial charge is 0.321 e. The molecule has 7 heteroatoms. The zero-order valence-corrected chi connectivity index (χ0v) is 11.6. The lowest BCUT2D eigenvalue weighted by Crippen LogP contribution is -2.31. The highest BCUT2D eigenvalue weighted by atomic mass is 35.5. The van der Waals surface area contributed by atoms with Crippen LogP contribution in [0.5, 0.6) is 0 Å². The molecule has 5 nitrogen and oxygen atoms in total. The maximum atomic E-state index is 11.9. The van der Waals surface area contributed by atoms with Gasteiger partial charge < -0.3 is 4.74 Å². The molecule has 1 aromatic rings. The van der Waals surface area contributed by atoms with Crippen molar-refractivity contribution in [2.45, 2.75) is 18.7 Å². The summed E-state index contributed by atoms with van der Waals surface area (Å²) in [7, 11) is -3.76. The van der Waals surface area contributed by atoms with Crippen molar-refractivity contribution in [3.63, 3.8) is 0 Å². The molecule has 1 N–H and O–H groups in total. The predicted octanol–water partition coefficient (Wildman–Crippen LogP) is 1.49. The van der Waals surface area contributed by atoms with Gasteiger partial charge in [-0.1, -0.05) is 17.7 Å². The molecule has 1 rings (SSSR count). The predicted molar refractivity (Wildman–Crippen MR) is 68.0 cm³/mol. The Hall–Kier alpha value is -1.11. The molecule has 0 aliphatic carbocycles. The molecule has 0 aromatic heterocycles. The fourth-order valence-electron chi connectivity index (χ4n) is 1.32. The molecule has 0 spiro atoms. The van der Waals surface area contributed by atoms with Crippen LogP contribution in [0.1, 0.15) is 12.5 Å². The number of benzene rings is 1. The van der Waals surface area contributed by atoms with E-state index >= 15 is 0 Å². The first-order chi connectivity index (χ1) is 8.38. The van der Waals surface area contributed by atoms with Gasteiger partial charge >= 0.3 is 5.97 Å². The first-order valence-corrected chi connectivity index (χ1v) is 7.15. The van der Waals surface area contributed by atoms with Crippen LogP contribution in [0.25, 0.3) is 0 Å². The van der Waals surface area contributed by atoms with Crippen molar-refractivity contribution in [2.75, 3.05) is 13.2 Å². The van der Waals surface area contributed by atoms with Crippen LogP contribution in [0.2, 0.25) is 5.02 Å². The molecular formula is C11H14ClNO4S. The molecule has 1 aromatic carbocycles. The average molecular weight is 292 g/mol. The van der Waals surface area contributed by atoms with E-state index in [0.717, 1.165) is 0 Å². The van der Waals surface area contributed by atoms with Crippen LogP contribution in [0.3, 0.4) is 0 Å². The summed E-state index contributed by atoms with van der Waals surface area (Å²) in [5.74, 6) is -0.624.